The van der Waals surface area contributed by atoms with E-state index < -0.39 is 42.4 Å². The number of rotatable bonds is 2. The molecule has 3 saturated heterocycles. The van der Waals surface area contributed by atoms with Gasteiger partial charge in [-0.2, -0.15) is 0 Å². The predicted octanol–water partition coefficient (Wildman–Crippen LogP) is -0.907. The lowest BCUT2D eigenvalue weighted by Crippen LogP contribution is -2.39. The quantitative estimate of drug-likeness (QED) is 0.626. The fraction of sp³-hybridized carbons (Fsp3) is 0.727. The Bertz CT molecular complexity index is 465. The van der Waals surface area contributed by atoms with Crippen LogP contribution in [0.2, 0.25) is 0 Å². The summed E-state index contributed by atoms with van der Waals surface area (Å²) >= 11 is 0. The van der Waals surface area contributed by atoms with Crippen LogP contribution < -0.4 is 0 Å². The number of carbonyl (C=O) groups is 3. The number of carboxylic acid groups (broad SMARTS) is 1. The maximum atomic E-state index is 12.0. The molecule has 9 nitrogen and oxygen atoms in total. The third-order valence-electron chi connectivity index (χ3n) is 3.85. The van der Waals surface area contributed by atoms with Gasteiger partial charge in [0, 0.05) is 12.3 Å². The largest absolute Gasteiger partial charge is 0.531 e. The number of amides is 2. The van der Waals surface area contributed by atoms with Gasteiger partial charge < -0.3 is 19.7 Å². The fourth-order valence-corrected chi connectivity index (χ4v) is 2.93. The smallest absolute Gasteiger partial charge is 0.448 e. The van der Waals surface area contributed by atoms with Crippen molar-refractivity contribution >= 4 is 18.0 Å². The van der Waals surface area contributed by atoms with E-state index in [1.165, 1.54) is 0 Å². The number of fused-ring (bicyclic) bond motifs is 1. The van der Waals surface area contributed by atoms with Gasteiger partial charge in [0.05, 0.1) is 24.7 Å². The summed E-state index contributed by atoms with van der Waals surface area (Å²) in [6.07, 6.45) is -3.77. The summed E-state index contributed by atoms with van der Waals surface area (Å²) in [5.41, 5.74) is 0. The molecule has 0 aromatic heterocycles. The van der Waals surface area contributed by atoms with E-state index in [0.29, 0.717) is 13.0 Å². The first-order chi connectivity index (χ1) is 9.49. The minimum atomic E-state index is -1.75. The van der Waals surface area contributed by atoms with Crippen LogP contribution in [0.4, 0.5) is 4.79 Å². The van der Waals surface area contributed by atoms with Crippen molar-refractivity contribution in [2.75, 3.05) is 6.61 Å². The molecular weight excluding hydrogens is 274 g/mol. The molecular formula is C11H13NO8. The van der Waals surface area contributed by atoms with Gasteiger partial charge in [-0.3, -0.25) is 14.4 Å². The number of imide groups is 1. The second-order valence-corrected chi connectivity index (χ2v) is 4.98. The van der Waals surface area contributed by atoms with Crippen molar-refractivity contribution in [3.8, 4) is 0 Å². The molecule has 2 amide bonds. The second kappa shape index (κ2) is 4.69. The molecule has 3 aliphatic heterocycles. The van der Waals surface area contributed by atoms with Gasteiger partial charge in [-0.25, -0.2) is 4.79 Å². The van der Waals surface area contributed by atoms with Crippen LogP contribution in [0.25, 0.3) is 0 Å². The van der Waals surface area contributed by atoms with Gasteiger partial charge in [0.15, 0.2) is 6.29 Å². The van der Waals surface area contributed by atoms with Gasteiger partial charge in [-0.15, -0.1) is 0 Å². The van der Waals surface area contributed by atoms with Gasteiger partial charge in [-0.05, 0) is 6.42 Å². The molecule has 2 unspecified atom stereocenters. The van der Waals surface area contributed by atoms with E-state index in [4.69, 9.17) is 14.6 Å². The summed E-state index contributed by atoms with van der Waals surface area (Å²) in [5.74, 6) is -2.76. The number of aliphatic hydroxyl groups is 1. The number of hydrogen-bond donors (Lipinski definition) is 2. The van der Waals surface area contributed by atoms with Crippen LogP contribution in [0.3, 0.4) is 0 Å². The van der Waals surface area contributed by atoms with Crippen molar-refractivity contribution in [1.82, 2.24) is 5.06 Å². The number of nitrogens with zero attached hydrogens (tertiary/aromatic N) is 1. The van der Waals surface area contributed by atoms with Crippen molar-refractivity contribution in [2.45, 2.75) is 31.3 Å². The highest BCUT2D eigenvalue weighted by Crippen LogP contribution is 2.40. The molecule has 9 heteroatoms. The lowest BCUT2D eigenvalue weighted by Gasteiger charge is -2.20. The summed E-state index contributed by atoms with van der Waals surface area (Å²) in [6.45, 7) is 0.477. The third kappa shape index (κ3) is 1.94. The maximum Gasteiger partial charge on any atom is 0.531 e. The molecule has 3 rings (SSSR count). The molecule has 110 valence electrons. The molecule has 0 aromatic rings. The van der Waals surface area contributed by atoms with Crippen molar-refractivity contribution in [2.24, 2.45) is 11.8 Å². The number of ether oxygens (including phenoxy) is 2. The van der Waals surface area contributed by atoms with Gasteiger partial charge in [0.25, 0.3) is 11.8 Å². The number of carbonyl (C=O) groups excluding carboxylic acids is 2. The average Bonchev–Trinajstić information content (AvgIpc) is 3.01. The third-order valence-corrected chi connectivity index (χ3v) is 3.85. The number of hydrogen-bond acceptors (Lipinski definition) is 7. The van der Waals surface area contributed by atoms with Gasteiger partial charge in [0.1, 0.15) is 0 Å². The monoisotopic (exact) mass is 287 g/mol. The standard InChI is InChI=1S/C11H13NO8/c13-6-3-5(9(15)12(6)20-11(16)17)8-7(14)4-1-2-18-10(4)19-8/h4-5,7-8,10,14H,1-3H2,(H,16,17)/t4-,5?,7+,8?,10+/m0/s1. The number of hydroxylamine groups is 2. The van der Waals surface area contributed by atoms with Crippen molar-refractivity contribution in [3.63, 3.8) is 0 Å². The first-order valence-corrected chi connectivity index (χ1v) is 6.22. The van der Waals surface area contributed by atoms with Crippen molar-refractivity contribution < 1.29 is 38.9 Å². The zero-order chi connectivity index (χ0) is 14.4. The summed E-state index contributed by atoms with van der Waals surface area (Å²) in [4.78, 5) is 38.1. The Hall–Kier alpha value is -1.71. The Labute approximate surface area is 112 Å². The zero-order valence-corrected chi connectivity index (χ0v) is 10.3. The lowest BCUT2D eigenvalue weighted by molar-refractivity contribution is -0.180. The van der Waals surface area contributed by atoms with E-state index in [0.717, 1.165) is 0 Å². The molecule has 3 aliphatic rings. The highest BCUT2D eigenvalue weighted by molar-refractivity contribution is 6.03. The molecule has 0 radical (unpaired) electrons. The summed E-state index contributed by atoms with van der Waals surface area (Å²) < 4.78 is 10.8. The zero-order valence-electron chi connectivity index (χ0n) is 10.3. The van der Waals surface area contributed by atoms with E-state index in [9.17, 15) is 19.5 Å². The first-order valence-electron chi connectivity index (χ1n) is 6.22. The molecule has 2 N–H and O–H groups in total. The molecule has 0 spiro atoms. The molecule has 3 heterocycles. The van der Waals surface area contributed by atoms with Crippen LogP contribution in [0.15, 0.2) is 0 Å². The lowest BCUT2D eigenvalue weighted by atomic mass is 9.90. The molecule has 0 bridgehead atoms. The Balaban J connectivity index is 1.74. The van der Waals surface area contributed by atoms with Crippen LogP contribution in [0.1, 0.15) is 12.8 Å². The Kier molecular flexibility index (Phi) is 3.11. The topological polar surface area (TPSA) is 123 Å². The average molecular weight is 287 g/mol. The highest BCUT2D eigenvalue weighted by Gasteiger charge is 2.56. The summed E-state index contributed by atoms with van der Waals surface area (Å²) in [5, 5.41) is 18.8. The van der Waals surface area contributed by atoms with E-state index in [1.54, 1.807) is 0 Å². The maximum absolute atomic E-state index is 12.0. The van der Waals surface area contributed by atoms with E-state index in [2.05, 4.69) is 4.84 Å². The van der Waals surface area contributed by atoms with Crippen LogP contribution in [-0.4, -0.2) is 58.4 Å². The molecule has 0 aromatic carbocycles. The summed E-state index contributed by atoms with van der Waals surface area (Å²) in [7, 11) is 0. The van der Waals surface area contributed by atoms with Crippen molar-refractivity contribution in [3.05, 3.63) is 0 Å². The van der Waals surface area contributed by atoms with E-state index in [-0.39, 0.29) is 17.4 Å². The summed E-state index contributed by atoms with van der Waals surface area (Å²) in [6, 6.07) is 0. The molecule has 0 saturated carbocycles. The van der Waals surface area contributed by atoms with Crippen molar-refractivity contribution in [1.29, 1.82) is 0 Å². The molecule has 0 aliphatic carbocycles. The molecule has 20 heavy (non-hydrogen) atoms. The van der Waals surface area contributed by atoms with E-state index >= 15 is 0 Å². The number of aliphatic hydroxyl groups excluding tert-OH is 1. The Morgan fingerprint density at radius 1 is 1.40 bits per heavy atom. The predicted molar refractivity (Wildman–Crippen MR) is 57.8 cm³/mol. The minimum absolute atomic E-state index is 0.206. The second-order valence-electron chi connectivity index (χ2n) is 4.98. The van der Waals surface area contributed by atoms with Gasteiger partial charge in [-0.1, -0.05) is 5.06 Å². The first kappa shape index (κ1) is 13.3. The van der Waals surface area contributed by atoms with Gasteiger partial charge >= 0.3 is 6.16 Å². The van der Waals surface area contributed by atoms with Crippen LogP contribution in [0.5, 0.6) is 0 Å². The molecule has 5 atom stereocenters. The Morgan fingerprint density at radius 2 is 2.15 bits per heavy atom. The Morgan fingerprint density at radius 3 is 2.80 bits per heavy atom. The fourth-order valence-electron chi connectivity index (χ4n) is 2.93. The van der Waals surface area contributed by atoms with E-state index in [1.807, 2.05) is 0 Å². The SMILES string of the molecule is O=C(O)ON1C(=O)CC(C2O[C@H]3OCC[C@H]3[C@H]2O)C1=O. The normalized spacial score (nSPS) is 40.2. The van der Waals surface area contributed by atoms with Crippen LogP contribution >= 0.6 is 0 Å². The van der Waals surface area contributed by atoms with Gasteiger partial charge in [0.2, 0.25) is 0 Å². The van der Waals surface area contributed by atoms with Crippen LogP contribution in [0, 0.1) is 11.8 Å². The highest BCUT2D eigenvalue weighted by atomic mass is 16.8. The molecule has 3 fully saturated rings. The minimum Gasteiger partial charge on any atom is -0.448 e. The van der Waals surface area contributed by atoms with Crippen LogP contribution in [-0.2, 0) is 23.9 Å².